The summed E-state index contributed by atoms with van der Waals surface area (Å²) in [5.41, 5.74) is 0.812. The molecule has 1 N–H and O–H groups in total. The average molecular weight is 330 g/mol. The van der Waals surface area contributed by atoms with E-state index in [1.165, 1.54) is 6.08 Å². The van der Waals surface area contributed by atoms with E-state index in [9.17, 15) is 9.59 Å². The van der Waals surface area contributed by atoms with Crippen molar-refractivity contribution in [1.29, 1.82) is 0 Å². The minimum Gasteiger partial charge on any atom is -0.459 e. The second-order valence-corrected chi connectivity index (χ2v) is 6.63. The molecule has 3 rings (SSSR count). The average Bonchev–Trinajstić information content (AvgIpc) is 3.02. The van der Waals surface area contributed by atoms with Gasteiger partial charge in [-0.1, -0.05) is 24.8 Å². The number of furan rings is 1. The molecule has 0 spiro atoms. The number of para-hydroxylation sites is 1. The Bertz CT molecular complexity index is 707. The third-order valence-electron chi connectivity index (χ3n) is 3.76. The number of carbonyl (C=O) groups is 2. The van der Waals surface area contributed by atoms with E-state index in [-0.39, 0.29) is 17.1 Å². The highest BCUT2D eigenvalue weighted by molar-refractivity contribution is 8.00. The monoisotopic (exact) mass is 330 g/mol. The Morgan fingerprint density at radius 2 is 2.26 bits per heavy atom. The van der Waals surface area contributed by atoms with Crippen LogP contribution in [0.2, 0.25) is 0 Å². The number of fused-ring (bicyclic) bond motifs is 1. The van der Waals surface area contributed by atoms with Gasteiger partial charge in [0.15, 0.2) is 0 Å². The predicted octanol–water partition coefficient (Wildman–Crippen LogP) is 2.18. The topological polar surface area (TPSA) is 62.6 Å². The van der Waals surface area contributed by atoms with Crippen molar-refractivity contribution in [2.24, 2.45) is 0 Å². The number of carbonyl (C=O) groups excluding carboxylic acids is 2. The van der Waals surface area contributed by atoms with Crippen LogP contribution in [0.4, 0.5) is 0 Å². The van der Waals surface area contributed by atoms with Crippen LogP contribution in [-0.2, 0) is 16.1 Å². The van der Waals surface area contributed by atoms with Crippen molar-refractivity contribution < 1.29 is 14.0 Å². The summed E-state index contributed by atoms with van der Waals surface area (Å²) in [7, 11) is 0. The van der Waals surface area contributed by atoms with E-state index in [2.05, 4.69) is 11.9 Å². The van der Waals surface area contributed by atoms with Crippen LogP contribution in [0.5, 0.6) is 0 Å². The Labute approximate surface area is 138 Å². The van der Waals surface area contributed by atoms with Gasteiger partial charge in [0, 0.05) is 24.2 Å². The number of nitrogens with zero attached hydrogens (tertiary/aromatic N) is 1. The molecule has 0 radical (unpaired) electrons. The van der Waals surface area contributed by atoms with Gasteiger partial charge >= 0.3 is 0 Å². The predicted molar refractivity (Wildman–Crippen MR) is 91.1 cm³/mol. The summed E-state index contributed by atoms with van der Waals surface area (Å²) >= 11 is 1.57. The van der Waals surface area contributed by atoms with Crippen molar-refractivity contribution in [3.63, 3.8) is 0 Å². The van der Waals surface area contributed by atoms with Gasteiger partial charge < -0.3 is 14.6 Å². The lowest BCUT2D eigenvalue weighted by Crippen LogP contribution is -2.47. The number of thioether (sulfide) groups is 1. The molecule has 1 aliphatic heterocycles. The summed E-state index contributed by atoms with van der Waals surface area (Å²) < 4.78 is 5.68. The molecule has 1 fully saturated rings. The Morgan fingerprint density at radius 1 is 1.43 bits per heavy atom. The van der Waals surface area contributed by atoms with Crippen LogP contribution in [0.3, 0.4) is 0 Å². The van der Waals surface area contributed by atoms with Crippen molar-refractivity contribution in [2.75, 3.05) is 18.8 Å². The summed E-state index contributed by atoms with van der Waals surface area (Å²) in [5.74, 6) is 1.28. The Balaban J connectivity index is 1.58. The molecule has 5 nitrogen and oxygen atoms in total. The number of rotatable bonds is 4. The van der Waals surface area contributed by atoms with Gasteiger partial charge in [-0.2, -0.15) is 0 Å². The van der Waals surface area contributed by atoms with E-state index < -0.39 is 0 Å². The number of benzene rings is 1. The highest BCUT2D eigenvalue weighted by atomic mass is 32.2. The maximum atomic E-state index is 12.3. The van der Waals surface area contributed by atoms with Gasteiger partial charge in [0.2, 0.25) is 11.8 Å². The van der Waals surface area contributed by atoms with Gasteiger partial charge in [0.1, 0.15) is 16.6 Å². The first-order chi connectivity index (χ1) is 11.2. The Hall–Kier alpha value is -2.21. The Morgan fingerprint density at radius 3 is 3.04 bits per heavy atom. The second kappa shape index (κ2) is 6.91. The molecule has 0 saturated carbocycles. The van der Waals surface area contributed by atoms with Gasteiger partial charge in [-0.3, -0.25) is 9.59 Å². The van der Waals surface area contributed by atoms with Crippen molar-refractivity contribution >= 4 is 34.5 Å². The lowest BCUT2D eigenvalue weighted by molar-refractivity contribution is -0.127. The third-order valence-corrected chi connectivity index (χ3v) is 4.94. The van der Waals surface area contributed by atoms with Crippen molar-refractivity contribution in [3.8, 4) is 0 Å². The highest BCUT2D eigenvalue weighted by Crippen LogP contribution is 2.21. The van der Waals surface area contributed by atoms with Gasteiger partial charge in [0.05, 0.1) is 6.54 Å². The highest BCUT2D eigenvalue weighted by Gasteiger charge is 2.28. The normalized spacial score (nSPS) is 17.9. The zero-order chi connectivity index (χ0) is 16.2. The SMILES string of the molecule is C=CC(=O)N1CCSC(C(=O)NCc2cc3ccccc3o2)C1. The first-order valence-electron chi connectivity index (χ1n) is 7.45. The molecule has 1 atom stereocenters. The van der Waals surface area contributed by atoms with Gasteiger partial charge in [-0.25, -0.2) is 0 Å². The molecule has 1 aromatic carbocycles. The van der Waals surface area contributed by atoms with Gasteiger partial charge in [-0.05, 0) is 18.2 Å². The largest absolute Gasteiger partial charge is 0.459 e. The molecule has 1 aromatic heterocycles. The zero-order valence-corrected chi connectivity index (χ0v) is 13.5. The van der Waals surface area contributed by atoms with E-state index in [4.69, 9.17) is 4.42 Å². The number of amides is 2. The van der Waals surface area contributed by atoms with E-state index in [1.54, 1.807) is 16.7 Å². The fourth-order valence-corrected chi connectivity index (χ4v) is 3.68. The summed E-state index contributed by atoms with van der Waals surface area (Å²) in [4.78, 5) is 25.6. The van der Waals surface area contributed by atoms with Gasteiger partial charge in [-0.15, -0.1) is 11.8 Å². The molecule has 0 bridgehead atoms. The molecule has 23 heavy (non-hydrogen) atoms. The van der Waals surface area contributed by atoms with Crippen molar-refractivity contribution in [2.45, 2.75) is 11.8 Å². The minimum atomic E-state index is -0.253. The van der Waals surface area contributed by atoms with Crippen LogP contribution in [0.15, 0.2) is 47.4 Å². The molecular formula is C17H18N2O3S. The van der Waals surface area contributed by atoms with Crippen molar-refractivity contribution in [1.82, 2.24) is 10.2 Å². The summed E-state index contributed by atoms with van der Waals surface area (Å²) in [5, 5.41) is 3.66. The molecule has 2 aromatic rings. The van der Waals surface area contributed by atoms with Crippen LogP contribution in [-0.4, -0.2) is 40.8 Å². The fourth-order valence-electron chi connectivity index (χ4n) is 2.55. The standard InChI is InChI=1S/C17H18N2O3S/c1-2-16(20)19-7-8-23-15(11-19)17(21)18-10-13-9-12-5-3-4-6-14(12)22-13/h2-6,9,15H,1,7-8,10-11H2,(H,18,21). The van der Waals surface area contributed by atoms with Crippen LogP contribution >= 0.6 is 11.8 Å². The maximum Gasteiger partial charge on any atom is 0.246 e. The lowest BCUT2D eigenvalue weighted by Gasteiger charge is -2.30. The zero-order valence-electron chi connectivity index (χ0n) is 12.7. The van der Waals surface area contributed by atoms with Crippen molar-refractivity contribution in [3.05, 3.63) is 48.7 Å². The summed E-state index contributed by atoms with van der Waals surface area (Å²) in [6.45, 7) is 4.91. The fraction of sp³-hybridized carbons (Fsp3) is 0.294. The molecule has 0 aliphatic carbocycles. The molecule has 1 unspecified atom stereocenters. The van der Waals surface area contributed by atoms with E-state index >= 15 is 0 Å². The molecular weight excluding hydrogens is 312 g/mol. The summed E-state index contributed by atoms with van der Waals surface area (Å²) in [6.07, 6.45) is 1.29. The maximum absolute atomic E-state index is 12.3. The number of nitrogens with one attached hydrogen (secondary N) is 1. The van der Waals surface area contributed by atoms with Crippen LogP contribution in [0.25, 0.3) is 11.0 Å². The van der Waals surface area contributed by atoms with Crippen LogP contribution in [0.1, 0.15) is 5.76 Å². The Kier molecular flexibility index (Phi) is 4.71. The van der Waals surface area contributed by atoms with Gasteiger partial charge in [0.25, 0.3) is 0 Å². The molecule has 6 heteroatoms. The van der Waals surface area contributed by atoms with E-state index in [1.807, 2.05) is 30.3 Å². The quantitative estimate of drug-likeness (QED) is 0.873. The van der Waals surface area contributed by atoms with Crippen LogP contribution in [0, 0.1) is 0 Å². The minimum absolute atomic E-state index is 0.0722. The van der Waals surface area contributed by atoms with Crippen LogP contribution < -0.4 is 5.32 Å². The third kappa shape index (κ3) is 3.59. The molecule has 1 saturated heterocycles. The second-order valence-electron chi connectivity index (χ2n) is 5.32. The molecule has 1 aliphatic rings. The van der Waals surface area contributed by atoms with E-state index in [0.717, 1.165) is 22.5 Å². The smallest absolute Gasteiger partial charge is 0.246 e. The van der Waals surface area contributed by atoms with E-state index in [0.29, 0.717) is 19.6 Å². The number of hydrogen-bond donors (Lipinski definition) is 1. The number of hydrogen-bond acceptors (Lipinski definition) is 4. The first-order valence-corrected chi connectivity index (χ1v) is 8.50. The molecule has 2 amide bonds. The summed E-state index contributed by atoms with van der Waals surface area (Å²) in [6, 6.07) is 9.66. The molecule has 2 heterocycles. The lowest BCUT2D eigenvalue weighted by atomic mass is 10.2. The molecule has 120 valence electrons. The first kappa shape index (κ1) is 15.7.